The van der Waals surface area contributed by atoms with E-state index >= 15 is 0 Å². The minimum absolute atomic E-state index is 0.0423. The average molecular weight is 413 g/mol. The van der Waals surface area contributed by atoms with Crippen LogP contribution < -0.4 is 5.14 Å². The second-order valence-corrected chi connectivity index (χ2v) is 8.22. The zero-order valence-corrected chi connectivity index (χ0v) is 16.0. The third-order valence-electron chi connectivity index (χ3n) is 4.67. The molecule has 8 heteroatoms. The number of nitrogens with one attached hydrogen (secondary N) is 1. The van der Waals surface area contributed by atoms with E-state index in [2.05, 4.69) is 9.97 Å². The number of halogens is 2. The summed E-state index contributed by atoms with van der Waals surface area (Å²) in [6.45, 7) is 0. The van der Waals surface area contributed by atoms with E-state index in [1.54, 1.807) is 36.4 Å². The van der Waals surface area contributed by atoms with Crippen LogP contribution in [0.3, 0.4) is 0 Å². The summed E-state index contributed by atoms with van der Waals surface area (Å²) >= 11 is 0. The number of sulfonamides is 1. The molecule has 0 unspecified atom stereocenters. The Balaban J connectivity index is 1.65. The van der Waals surface area contributed by atoms with Crippen LogP contribution in [0, 0.1) is 11.6 Å². The van der Waals surface area contributed by atoms with Crippen LogP contribution in [0.2, 0.25) is 0 Å². The Hall–Kier alpha value is -3.10. The van der Waals surface area contributed by atoms with Gasteiger partial charge in [0.05, 0.1) is 15.9 Å². The van der Waals surface area contributed by atoms with E-state index in [4.69, 9.17) is 5.14 Å². The molecule has 1 aromatic heterocycles. The summed E-state index contributed by atoms with van der Waals surface area (Å²) in [4.78, 5) is 7.67. The molecule has 0 saturated carbocycles. The van der Waals surface area contributed by atoms with E-state index in [0.717, 1.165) is 12.1 Å². The molecule has 0 atom stereocenters. The van der Waals surface area contributed by atoms with Gasteiger partial charge in [0.1, 0.15) is 17.5 Å². The molecule has 4 rings (SSSR count). The van der Waals surface area contributed by atoms with Crippen molar-refractivity contribution in [3.8, 4) is 11.1 Å². The minimum Gasteiger partial charge on any atom is -0.342 e. The molecule has 0 aliphatic heterocycles. The van der Waals surface area contributed by atoms with Crippen LogP contribution in [0.4, 0.5) is 8.78 Å². The second-order valence-electron chi connectivity index (χ2n) is 6.69. The number of hydrogen-bond donors (Lipinski definition) is 2. The second kappa shape index (κ2) is 7.38. The maximum Gasteiger partial charge on any atom is 0.238 e. The number of benzene rings is 3. The van der Waals surface area contributed by atoms with Gasteiger partial charge >= 0.3 is 0 Å². The number of hydrogen-bond acceptors (Lipinski definition) is 3. The smallest absolute Gasteiger partial charge is 0.238 e. The molecule has 0 radical (unpaired) electrons. The van der Waals surface area contributed by atoms with Crippen LogP contribution in [-0.4, -0.2) is 18.4 Å². The molecule has 1 heterocycles. The summed E-state index contributed by atoms with van der Waals surface area (Å²) in [6.07, 6.45) is 0.697. The summed E-state index contributed by atoms with van der Waals surface area (Å²) in [5, 5.41) is 5.32. The zero-order valence-electron chi connectivity index (χ0n) is 15.2. The maximum absolute atomic E-state index is 13.8. The first-order valence-corrected chi connectivity index (χ1v) is 10.4. The van der Waals surface area contributed by atoms with Crippen molar-refractivity contribution in [1.82, 2.24) is 9.97 Å². The molecule has 29 heavy (non-hydrogen) atoms. The standard InChI is InChI=1S/C21H17F2N3O2S/c22-15-7-8-17(23)14(11-15)6-10-21-25-18-9-5-13(12-19(18)26-21)16-3-1-2-4-20(16)29(24,27)28/h1-5,7-9,11-12H,6,10H2,(H,25,26)(H2,24,27,28). The van der Waals surface area contributed by atoms with Crippen molar-refractivity contribution in [1.29, 1.82) is 0 Å². The van der Waals surface area contributed by atoms with Gasteiger partial charge in [-0.2, -0.15) is 0 Å². The van der Waals surface area contributed by atoms with E-state index < -0.39 is 21.7 Å². The Morgan fingerprint density at radius 1 is 0.966 bits per heavy atom. The third kappa shape index (κ3) is 4.03. The number of aromatic amines is 1. The maximum atomic E-state index is 13.8. The van der Waals surface area contributed by atoms with Gasteiger partial charge in [-0.3, -0.25) is 0 Å². The van der Waals surface area contributed by atoms with Crippen molar-refractivity contribution in [3.63, 3.8) is 0 Å². The van der Waals surface area contributed by atoms with Crippen molar-refractivity contribution in [2.24, 2.45) is 5.14 Å². The highest BCUT2D eigenvalue weighted by atomic mass is 32.2. The van der Waals surface area contributed by atoms with Gasteiger partial charge in [-0.15, -0.1) is 0 Å². The molecule has 3 aromatic carbocycles. The van der Waals surface area contributed by atoms with Gasteiger partial charge in [0, 0.05) is 12.0 Å². The molecule has 3 N–H and O–H groups in total. The predicted octanol–water partition coefficient (Wildman–Crippen LogP) is 3.94. The lowest BCUT2D eigenvalue weighted by molar-refractivity contribution is 0.583. The van der Waals surface area contributed by atoms with Gasteiger partial charge in [-0.05, 0) is 53.9 Å². The first-order chi connectivity index (χ1) is 13.8. The quantitative estimate of drug-likeness (QED) is 0.519. The lowest BCUT2D eigenvalue weighted by Crippen LogP contribution is -2.13. The van der Waals surface area contributed by atoms with Gasteiger partial charge in [-0.1, -0.05) is 24.3 Å². The fourth-order valence-corrected chi connectivity index (χ4v) is 4.05. The molecular formula is C21H17F2N3O2S. The Morgan fingerprint density at radius 2 is 1.76 bits per heavy atom. The largest absolute Gasteiger partial charge is 0.342 e. The Kier molecular flexibility index (Phi) is 4.89. The van der Waals surface area contributed by atoms with Crippen molar-refractivity contribution >= 4 is 21.1 Å². The average Bonchev–Trinajstić information content (AvgIpc) is 3.10. The SMILES string of the molecule is NS(=O)(=O)c1ccccc1-c1ccc2nc(CCc3cc(F)ccc3F)[nH]c2c1. The summed E-state index contributed by atoms with van der Waals surface area (Å²) in [5.41, 5.74) is 2.86. The fourth-order valence-electron chi connectivity index (χ4n) is 3.29. The molecule has 0 aliphatic carbocycles. The molecule has 0 fully saturated rings. The van der Waals surface area contributed by atoms with E-state index in [9.17, 15) is 17.2 Å². The van der Waals surface area contributed by atoms with Gasteiger partial charge in [0.15, 0.2) is 0 Å². The van der Waals surface area contributed by atoms with Crippen molar-refractivity contribution in [3.05, 3.63) is 83.7 Å². The lowest BCUT2D eigenvalue weighted by atomic mass is 10.1. The number of rotatable bonds is 5. The highest BCUT2D eigenvalue weighted by Gasteiger charge is 2.15. The van der Waals surface area contributed by atoms with Gasteiger partial charge < -0.3 is 4.98 Å². The molecule has 148 valence electrons. The van der Waals surface area contributed by atoms with Crippen molar-refractivity contribution < 1.29 is 17.2 Å². The van der Waals surface area contributed by atoms with Crippen molar-refractivity contribution in [2.45, 2.75) is 17.7 Å². The number of imidazole rings is 1. The van der Waals surface area contributed by atoms with Crippen LogP contribution >= 0.6 is 0 Å². The summed E-state index contributed by atoms with van der Waals surface area (Å²) in [7, 11) is -3.87. The number of nitrogens with two attached hydrogens (primary N) is 1. The molecule has 0 spiro atoms. The number of aromatic nitrogens is 2. The molecule has 0 aliphatic rings. The summed E-state index contributed by atoms with van der Waals surface area (Å²) < 4.78 is 50.8. The molecule has 0 amide bonds. The predicted molar refractivity (Wildman–Crippen MR) is 107 cm³/mol. The molecule has 0 saturated heterocycles. The first-order valence-electron chi connectivity index (χ1n) is 8.86. The molecule has 4 aromatic rings. The number of nitrogens with zero attached hydrogens (tertiary/aromatic N) is 1. The summed E-state index contributed by atoms with van der Waals surface area (Å²) in [5.74, 6) is -0.311. The Morgan fingerprint density at radius 3 is 2.55 bits per heavy atom. The number of aryl methyl sites for hydroxylation is 2. The topological polar surface area (TPSA) is 88.8 Å². The first kappa shape index (κ1) is 19.2. The highest BCUT2D eigenvalue weighted by molar-refractivity contribution is 7.89. The molecule has 5 nitrogen and oxygen atoms in total. The summed E-state index contributed by atoms with van der Waals surface area (Å²) in [6, 6.07) is 15.2. The van der Waals surface area contributed by atoms with Crippen LogP contribution in [0.15, 0.2) is 65.6 Å². The van der Waals surface area contributed by atoms with Crippen LogP contribution in [0.1, 0.15) is 11.4 Å². The van der Waals surface area contributed by atoms with Crippen LogP contribution in [-0.2, 0) is 22.9 Å². The minimum atomic E-state index is -3.87. The highest BCUT2D eigenvalue weighted by Crippen LogP contribution is 2.29. The third-order valence-corrected chi connectivity index (χ3v) is 5.64. The monoisotopic (exact) mass is 413 g/mol. The Labute approximate surface area is 166 Å². The normalized spacial score (nSPS) is 11.8. The van der Waals surface area contributed by atoms with E-state index in [0.29, 0.717) is 40.8 Å². The van der Waals surface area contributed by atoms with Crippen molar-refractivity contribution in [2.75, 3.05) is 0 Å². The van der Waals surface area contributed by atoms with Gasteiger partial charge in [0.2, 0.25) is 10.0 Å². The van der Waals surface area contributed by atoms with E-state index in [1.165, 1.54) is 12.1 Å². The van der Waals surface area contributed by atoms with E-state index in [-0.39, 0.29) is 10.5 Å². The number of H-pyrrole nitrogens is 1. The van der Waals surface area contributed by atoms with Gasteiger partial charge in [0.25, 0.3) is 0 Å². The lowest BCUT2D eigenvalue weighted by Gasteiger charge is -2.07. The Bertz CT molecular complexity index is 1320. The molecule has 0 bridgehead atoms. The fraction of sp³-hybridized carbons (Fsp3) is 0.0952. The number of fused-ring (bicyclic) bond motifs is 1. The number of primary sulfonamides is 1. The molecular weight excluding hydrogens is 396 g/mol. The van der Waals surface area contributed by atoms with E-state index in [1.807, 2.05) is 0 Å². The van der Waals surface area contributed by atoms with Crippen LogP contribution in [0.5, 0.6) is 0 Å². The van der Waals surface area contributed by atoms with Gasteiger partial charge in [-0.25, -0.2) is 27.3 Å². The zero-order chi connectivity index (χ0) is 20.6. The van der Waals surface area contributed by atoms with Crippen LogP contribution in [0.25, 0.3) is 22.2 Å².